The zero-order valence-electron chi connectivity index (χ0n) is 11.5. The summed E-state index contributed by atoms with van der Waals surface area (Å²) in [5.74, 6) is 5.72. The highest BCUT2D eigenvalue weighted by molar-refractivity contribution is 14.1. The van der Waals surface area contributed by atoms with E-state index in [0.29, 0.717) is 6.42 Å². The normalized spacial score (nSPS) is 12.7. The first-order chi connectivity index (χ1) is 9.56. The van der Waals surface area contributed by atoms with E-state index in [-0.39, 0.29) is 6.04 Å². The van der Waals surface area contributed by atoms with Gasteiger partial charge in [-0.25, -0.2) is 0 Å². The maximum absolute atomic E-state index is 6.40. The maximum Gasteiger partial charge on any atom is 0.0850 e. The molecule has 108 valence electrons. The minimum Gasteiger partial charge on any atom is -0.271 e. The van der Waals surface area contributed by atoms with Gasteiger partial charge >= 0.3 is 0 Å². The summed E-state index contributed by atoms with van der Waals surface area (Å²) in [5, 5.41) is 5.19. The molecule has 0 fully saturated rings. The van der Waals surface area contributed by atoms with E-state index in [2.05, 4.69) is 58.2 Å². The molecule has 1 heterocycles. The standard InChI is InChI=1S/C14H18ClIN4/c1-3-11-14(15)13(20(2)19-11)8-12(18-17)9-5-4-6-10(16)7-9/h4-7,12,18H,3,8,17H2,1-2H3. The van der Waals surface area contributed by atoms with E-state index in [1.165, 1.54) is 3.57 Å². The Morgan fingerprint density at radius 1 is 1.50 bits per heavy atom. The van der Waals surface area contributed by atoms with E-state index in [1.54, 1.807) is 0 Å². The van der Waals surface area contributed by atoms with Crippen LogP contribution in [0, 0.1) is 3.57 Å². The quantitative estimate of drug-likeness (QED) is 0.458. The molecule has 4 nitrogen and oxygen atoms in total. The Bertz CT molecular complexity index is 597. The van der Waals surface area contributed by atoms with Crippen molar-refractivity contribution in [2.45, 2.75) is 25.8 Å². The molecule has 0 aliphatic heterocycles. The van der Waals surface area contributed by atoms with Gasteiger partial charge in [-0.2, -0.15) is 5.10 Å². The number of nitrogens with two attached hydrogens (primary N) is 1. The number of aromatic nitrogens is 2. The van der Waals surface area contributed by atoms with Crippen LogP contribution >= 0.6 is 34.2 Å². The first-order valence-electron chi connectivity index (χ1n) is 6.48. The second-order valence-electron chi connectivity index (χ2n) is 4.66. The van der Waals surface area contributed by atoms with Gasteiger partial charge in [0.05, 0.1) is 22.5 Å². The molecule has 2 rings (SSSR count). The van der Waals surface area contributed by atoms with Crippen LogP contribution in [0.4, 0.5) is 0 Å². The lowest BCUT2D eigenvalue weighted by Gasteiger charge is -2.17. The summed E-state index contributed by atoms with van der Waals surface area (Å²) in [5.41, 5.74) is 5.96. The fraction of sp³-hybridized carbons (Fsp3) is 0.357. The lowest BCUT2D eigenvalue weighted by atomic mass is 10.0. The molecule has 1 unspecified atom stereocenters. The molecule has 0 aliphatic rings. The van der Waals surface area contributed by atoms with Crippen molar-refractivity contribution in [2.75, 3.05) is 0 Å². The first-order valence-corrected chi connectivity index (χ1v) is 7.94. The smallest absolute Gasteiger partial charge is 0.0850 e. The van der Waals surface area contributed by atoms with Gasteiger partial charge in [-0.05, 0) is 46.7 Å². The van der Waals surface area contributed by atoms with Crippen molar-refractivity contribution in [3.63, 3.8) is 0 Å². The summed E-state index contributed by atoms with van der Waals surface area (Å²) in [7, 11) is 1.92. The van der Waals surface area contributed by atoms with Gasteiger partial charge in [-0.15, -0.1) is 0 Å². The van der Waals surface area contributed by atoms with Crippen LogP contribution in [0.25, 0.3) is 0 Å². The second-order valence-corrected chi connectivity index (χ2v) is 6.29. The molecule has 2 aromatic rings. The molecule has 0 amide bonds. The molecule has 0 saturated heterocycles. The molecule has 0 radical (unpaired) electrons. The van der Waals surface area contributed by atoms with Gasteiger partial charge < -0.3 is 0 Å². The molecule has 20 heavy (non-hydrogen) atoms. The summed E-state index contributed by atoms with van der Waals surface area (Å²) >= 11 is 8.69. The van der Waals surface area contributed by atoms with Crippen molar-refractivity contribution in [1.29, 1.82) is 0 Å². The van der Waals surface area contributed by atoms with Crippen molar-refractivity contribution in [3.05, 3.63) is 49.8 Å². The van der Waals surface area contributed by atoms with Gasteiger partial charge in [0.25, 0.3) is 0 Å². The van der Waals surface area contributed by atoms with Gasteiger partial charge in [0.1, 0.15) is 0 Å². The zero-order chi connectivity index (χ0) is 14.7. The third-order valence-corrected chi connectivity index (χ3v) is 4.46. The fourth-order valence-electron chi connectivity index (χ4n) is 2.23. The SMILES string of the molecule is CCc1nn(C)c(CC(NN)c2cccc(I)c2)c1Cl. The van der Waals surface area contributed by atoms with Crippen LogP contribution in [0.3, 0.4) is 0 Å². The second kappa shape index (κ2) is 6.89. The van der Waals surface area contributed by atoms with E-state index in [9.17, 15) is 0 Å². The minimum absolute atomic E-state index is 0.0160. The Labute approximate surface area is 137 Å². The van der Waals surface area contributed by atoms with E-state index in [1.807, 2.05) is 17.8 Å². The Morgan fingerprint density at radius 2 is 2.25 bits per heavy atom. The largest absolute Gasteiger partial charge is 0.271 e. The Morgan fingerprint density at radius 3 is 2.80 bits per heavy atom. The van der Waals surface area contributed by atoms with Gasteiger partial charge in [0, 0.05) is 17.0 Å². The highest BCUT2D eigenvalue weighted by Crippen LogP contribution is 2.26. The first kappa shape index (κ1) is 15.8. The van der Waals surface area contributed by atoms with Gasteiger partial charge in [0.15, 0.2) is 0 Å². The average Bonchev–Trinajstić information content (AvgIpc) is 2.71. The maximum atomic E-state index is 6.40. The summed E-state index contributed by atoms with van der Waals surface area (Å²) in [6, 6.07) is 8.30. The summed E-state index contributed by atoms with van der Waals surface area (Å²) in [6.07, 6.45) is 1.54. The number of hydrogen-bond donors (Lipinski definition) is 2. The molecule has 0 aliphatic carbocycles. The van der Waals surface area contributed by atoms with Crippen LogP contribution in [-0.4, -0.2) is 9.78 Å². The Kier molecular flexibility index (Phi) is 5.42. The highest BCUT2D eigenvalue weighted by Gasteiger charge is 2.18. The van der Waals surface area contributed by atoms with Crippen LogP contribution in [-0.2, 0) is 19.9 Å². The molecule has 0 bridgehead atoms. The Hall–Kier alpha value is -0.630. The predicted molar refractivity (Wildman–Crippen MR) is 90.5 cm³/mol. The lowest BCUT2D eigenvalue weighted by Crippen LogP contribution is -2.30. The van der Waals surface area contributed by atoms with Crippen molar-refractivity contribution in [2.24, 2.45) is 12.9 Å². The number of benzene rings is 1. The van der Waals surface area contributed by atoms with E-state index < -0.39 is 0 Å². The number of hydrogen-bond acceptors (Lipinski definition) is 3. The zero-order valence-corrected chi connectivity index (χ0v) is 14.4. The molecular weight excluding hydrogens is 387 g/mol. The molecule has 1 aromatic heterocycles. The molecule has 0 saturated carbocycles. The monoisotopic (exact) mass is 404 g/mol. The third kappa shape index (κ3) is 3.33. The van der Waals surface area contributed by atoms with Gasteiger partial charge in [-0.1, -0.05) is 30.7 Å². The van der Waals surface area contributed by atoms with E-state index >= 15 is 0 Å². The highest BCUT2D eigenvalue weighted by atomic mass is 127. The average molecular weight is 405 g/mol. The fourth-order valence-corrected chi connectivity index (χ4v) is 3.17. The molecule has 1 aromatic carbocycles. The van der Waals surface area contributed by atoms with Crippen molar-refractivity contribution >= 4 is 34.2 Å². The number of rotatable bonds is 5. The van der Waals surface area contributed by atoms with E-state index in [0.717, 1.165) is 28.4 Å². The summed E-state index contributed by atoms with van der Waals surface area (Å²) < 4.78 is 3.03. The van der Waals surface area contributed by atoms with Crippen LogP contribution in [0.15, 0.2) is 24.3 Å². The van der Waals surface area contributed by atoms with Crippen molar-refractivity contribution < 1.29 is 0 Å². The number of nitrogens with zero attached hydrogens (tertiary/aromatic N) is 2. The molecular formula is C14H18ClIN4. The number of nitrogens with one attached hydrogen (secondary N) is 1. The molecule has 1 atom stereocenters. The van der Waals surface area contributed by atoms with Crippen molar-refractivity contribution in [1.82, 2.24) is 15.2 Å². The number of aryl methyl sites for hydroxylation is 2. The summed E-state index contributed by atoms with van der Waals surface area (Å²) in [4.78, 5) is 0. The summed E-state index contributed by atoms with van der Waals surface area (Å²) in [6.45, 7) is 2.05. The Balaban J connectivity index is 2.29. The lowest BCUT2D eigenvalue weighted by molar-refractivity contribution is 0.529. The van der Waals surface area contributed by atoms with Crippen molar-refractivity contribution in [3.8, 4) is 0 Å². The topological polar surface area (TPSA) is 55.9 Å². The van der Waals surface area contributed by atoms with Gasteiger partial charge in [0.2, 0.25) is 0 Å². The van der Waals surface area contributed by atoms with E-state index in [4.69, 9.17) is 17.4 Å². The number of halogens is 2. The number of hydrazine groups is 1. The van der Waals surface area contributed by atoms with Crippen LogP contribution in [0.1, 0.15) is 29.9 Å². The van der Waals surface area contributed by atoms with Gasteiger partial charge in [-0.3, -0.25) is 16.0 Å². The van der Waals surface area contributed by atoms with Crippen LogP contribution in [0.2, 0.25) is 5.02 Å². The molecule has 0 spiro atoms. The molecule has 3 N–H and O–H groups in total. The van der Waals surface area contributed by atoms with Crippen LogP contribution < -0.4 is 11.3 Å². The predicted octanol–water partition coefficient (Wildman–Crippen LogP) is 2.99. The third-order valence-electron chi connectivity index (χ3n) is 3.35. The molecule has 6 heteroatoms. The minimum atomic E-state index is 0.0160. The van der Waals surface area contributed by atoms with Crippen LogP contribution in [0.5, 0.6) is 0 Å².